The van der Waals surface area contributed by atoms with Crippen molar-refractivity contribution in [1.29, 1.82) is 0 Å². The van der Waals surface area contributed by atoms with Crippen LogP contribution in [-0.2, 0) is 14.4 Å². The van der Waals surface area contributed by atoms with Crippen molar-refractivity contribution in [3.63, 3.8) is 0 Å². The van der Waals surface area contributed by atoms with Gasteiger partial charge in [-0.15, -0.1) is 0 Å². The van der Waals surface area contributed by atoms with E-state index >= 15 is 0 Å². The number of carboxylic acid groups (broad SMARTS) is 1. The smallest absolute Gasteiger partial charge is 0.374 e. The standard InChI is InChI=1S/C8H13NO4/c1-2-3-4-7(11)9-5-6(10)8(12)13/h2-5H2,1H3,(H,9,11)(H,12,13). The van der Waals surface area contributed by atoms with Gasteiger partial charge in [0.1, 0.15) is 0 Å². The second-order valence-electron chi connectivity index (χ2n) is 2.61. The van der Waals surface area contributed by atoms with Crippen LogP contribution in [0.4, 0.5) is 0 Å². The van der Waals surface area contributed by atoms with Gasteiger partial charge < -0.3 is 10.4 Å². The van der Waals surface area contributed by atoms with Crippen molar-refractivity contribution in [2.24, 2.45) is 0 Å². The molecular weight excluding hydrogens is 174 g/mol. The third-order valence-corrected chi connectivity index (χ3v) is 1.44. The largest absolute Gasteiger partial charge is 0.475 e. The van der Waals surface area contributed by atoms with Crippen LogP contribution in [0.25, 0.3) is 0 Å². The lowest BCUT2D eigenvalue weighted by Crippen LogP contribution is -2.32. The summed E-state index contributed by atoms with van der Waals surface area (Å²) in [7, 11) is 0. The van der Waals surface area contributed by atoms with E-state index in [0.29, 0.717) is 6.42 Å². The summed E-state index contributed by atoms with van der Waals surface area (Å²) >= 11 is 0. The number of carbonyl (C=O) groups excluding carboxylic acids is 2. The summed E-state index contributed by atoms with van der Waals surface area (Å²) < 4.78 is 0. The molecule has 0 aromatic carbocycles. The molecule has 0 bridgehead atoms. The summed E-state index contributed by atoms with van der Waals surface area (Å²) in [5, 5.41) is 10.4. The Bertz CT molecular complexity index is 212. The van der Waals surface area contributed by atoms with Crippen LogP contribution >= 0.6 is 0 Å². The summed E-state index contributed by atoms with van der Waals surface area (Å²) in [6.07, 6.45) is 1.97. The molecule has 0 fully saturated rings. The molecule has 0 saturated carbocycles. The molecule has 0 rings (SSSR count). The Balaban J connectivity index is 3.58. The number of rotatable bonds is 6. The zero-order chi connectivity index (χ0) is 10.3. The SMILES string of the molecule is CCCCC(=O)NCC(=O)C(=O)O. The fourth-order valence-corrected chi connectivity index (χ4v) is 0.680. The Labute approximate surface area is 76.1 Å². The molecule has 0 aliphatic heterocycles. The van der Waals surface area contributed by atoms with Crippen LogP contribution in [0.2, 0.25) is 0 Å². The van der Waals surface area contributed by atoms with Gasteiger partial charge in [0, 0.05) is 6.42 Å². The summed E-state index contributed by atoms with van der Waals surface area (Å²) in [5.41, 5.74) is 0. The molecule has 0 aromatic rings. The summed E-state index contributed by atoms with van der Waals surface area (Å²) in [4.78, 5) is 31.4. The summed E-state index contributed by atoms with van der Waals surface area (Å²) in [5.74, 6) is -2.79. The highest BCUT2D eigenvalue weighted by Gasteiger charge is 2.11. The molecule has 2 N–H and O–H groups in total. The van der Waals surface area contributed by atoms with Gasteiger partial charge in [-0.25, -0.2) is 4.79 Å². The molecule has 0 aliphatic rings. The molecule has 5 heteroatoms. The number of amides is 1. The lowest BCUT2D eigenvalue weighted by Gasteiger charge is -2.00. The number of Topliss-reactive ketones (excluding diaryl/α,β-unsaturated/α-hetero) is 1. The van der Waals surface area contributed by atoms with E-state index in [-0.39, 0.29) is 5.91 Å². The minimum absolute atomic E-state index is 0.281. The third kappa shape index (κ3) is 5.84. The number of ketones is 1. The monoisotopic (exact) mass is 187 g/mol. The lowest BCUT2D eigenvalue weighted by molar-refractivity contribution is -0.148. The molecular formula is C8H13NO4. The highest BCUT2D eigenvalue weighted by molar-refractivity contribution is 6.33. The van der Waals surface area contributed by atoms with Gasteiger partial charge in [-0.1, -0.05) is 13.3 Å². The maximum Gasteiger partial charge on any atom is 0.374 e. The number of aliphatic carboxylic acids is 1. The molecule has 5 nitrogen and oxygen atoms in total. The molecule has 13 heavy (non-hydrogen) atoms. The lowest BCUT2D eigenvalue weighted by atomic mass is 10.2. The van der Waals surface area contributed by atoms with Gasteiger partial charge in [0.2, 0.25) is 5.91 Å². The van der Waals surface area contributed by atoms with Gasteiger partial charge in [-0.2, -0.15) is 0 Å². The number of hydrogen-bond acceptors (Lipinski definition) is 3. The van der Waals surface area contributed by atoms with Crippen molar-refractivity contribution in [2.45, 2.75) is 26.2 Å². The molecule has 0 radical (unpaired) electrons. The van der Waals surface area contributed by atoms with E-state index in [1.54, 1.807) is 0 Å². The van der Waals surface area contributed by atoms with Crippen LogP contribution in [0.5, 0.6) is 0 Å². The first-order valence-corrected chi connectivity index (χ1v) is 4.10. The van der Waals surface area contributed by atoms with Crippen LogP contribution in [0.3, 0.4) is 0 Å². The predicted octanol–water partition coefficient (Wildman–Crippen LogP) is -0.0535. The highest BCUT2D eigenvalue weighted by Crippen LogP contribution is 1.92. The molecule has 0 spiro atoms. The molecule has 0 heterocycles. The molecule has 0 atom stereocenters. The fraction of sp³-hybridized carbons (Fsp3) is 0.625. The van der Waals surface area contributed by atoms with Crippen molar-refractivity contribution >= 4 is 17.7 Å². The number of carbonyl (C=O) groups is 3. The Hall–Kier alpha value is -1.39. The molecule has 1 amide bonds. The zero-order valence-corrected chi connectivity index (χ0v) is 7.50. The van der Waals surface area contributed by atoms with Crippen LogP contribution < -0.4 is 5.32 Å². The molecule has 0 saturated heterocycles. The second kappa shape index (κ2) is 6.16. The normalized spacial score (nSPS) is 9.31. The predicted molar refractivity (Wildman–Crippen MR) is 45.2 cm³/mol. The van der Waals surface area contributed by atoms with Gasteiger partial charge in [0.15, 0.2) is 0 Å². The fourth-order valence-electron chi connectivity index (χ4n) is 0.680. The van der Waals surface area contributed by atoms with Crippen LogP contribution in [-0.4, -0.2) is 29.3 Å². The van der Waals surface area contributed by atoms with E-state index in [9.17, 15) is 14.4 Å². The van der Waals surface area contributed by atoms with E-state index in [0.717, 1.165) is 12.8 Å². The van der Waals surface area contributed by atoms with Crippen molar-refractivity contribution in [2.75, 3.05) is 6.54 Å². The Kier molecular flexibility index (Phi) is 5.50. The van der Waals surface area contributed by atoms with Crippen LogP contribution in [0.1, 0.15) is 26.2 Å². The second-order valence-corrected chi connectivity index (χ2v) is 2.61. The van der Waals surface area contributed by atoms with E-state index in [1.165, 1.54) is 0 Å². The van der Waals surface area contributed by atoms with Crippen molar-refractivity contribution in [1.82, 2.24) is 5.32 Å². The first-order chi connectivity index (χ1) is 6.07. The van der Waals surface area contributed by atoms with Gasteiger partial charge >= 0.3 is 5.97 Å². The van der Waals surface area contributed by atoms with Crippen molar-refractivity contribution in [3.8, 4) is 0 Å². The van der Waals surface area contributed by atoms with E-state index < -0.39 is 18.3 Å². The Morgan fingerprint density at radius 3 is 2.38 bits per heavy atom. The summed E-state index contributed by atoms with van der Waals surface area (Å²) in [6, 6.07) is 0. The maximum atomic E-state index is 10.9. The quantitative estimate of drug-likeness (QED) is 0.571. The van der Waals surface area contributed by atoms with E-state index in [1.807, 2.05) is 6.92 Å². The first-order valence-electron chi connectivity index (χ1n) is 4.10. The Morgan fingerprint density at radius 1 is 1.31 bits per heavy atom. The Morgan fingerprint density at radius 2 is 1.92 bits per heavy atom. The average Bonchev–Trinajstić information content (AvgIpc) is 2.10. The molecule has 74 valence electrons. The van der Waals surface area contributed by atoms with Crippen LogP contribution in [0, 0.1) is 0 Å². The van der Waals surface area contributed by atoms with E-state index in [2.05, 4.69) is 5.32 Å². The minimum atomic E-state index is -1.52. The van der Waals surface area contributed by atoms with Crippen molar-refractivity contribution < 1.29 is 19.5 Å². The number of unbranched alkanes of at least 4 members (excludes halogenated alkanes) is 1. The summed E-state index contributed by atoms with van der Waals surface area (Å²) in [6.45, 7) is 1.52. The first kappa shape index (κ1) is 11.6. The van der Waals surface area contributed by atoms with Gasteiger partial charge in [-0.05, 0) is 6.42 Å². The van der Waals surface area contributed by atoms with Gasteiger partial charge in [0.25, 0.3) is 5.78 Å². The highest BCUT2D eigenvalue weighted by atomic mass is 16.4. The maximum absolute atomic E-state index is 10.9. The van der Waals surface area contributed by atoms with Gasteiger partial charge in [0.05, 0.1) is 6.54 Å². The minimum Gasteiger partial charge on any atom is -0.475 e. The number of nitrogens with one attached hydrogen (secondary N) is 1. The van der Waals surface area contributed by atoms with Crippen molar-refractivity contribution in [3.05, 3.63) is 0 Å². The third-order valence-electron chi connectivity index (χ3n) is 1.44. The number of hydrogen-bond donors (Lipinski definition) is 2. The average molecular weight is 187 g/mol. The number of carboxylic acids is 1. The molecule has 0 aliphatic carbocycles. The zero-order valence-electron chi connectivity index (χ0n) is 7.50. The van der Waals surface area contributed by atoms with Gasteiger partial charge in [-0.3, -0.25) is 9.59 Å². The molecule has 0 aromatic heterocycles. The topological polar surface area (TPSA) is 83.5 Å². The molecule has 0 unspecified atom stereocenters. The van der Waals surface area contributed by atoms with Crippen LogP contribution in [0.15, 0.2) is 0 Å². The van der Waals surface area contributed by atoms with E-state index in [4.69, 9.17) is 5.11 Å².